The molecule has 0 spiro atoms. The number of furan rings is 1. The van der Waals surface area contributed by atoms with E-state index in [1.54, 1.807) is 13.0 Å². The van der Waals surface area contributed by atoms with E-state index in [9.17, 15) is 19.7 Å². The standard InChI is InChI=1S/C17H15NO6/c1-11-3-4-12(2)14(9-11)15(19)10-23-17(20)8-6-13-5-7-16(24-13)18(21)22/h3-9H,10H2,1-2H3. The van der Waals surface area contributed by atoms with Crippen molar-refractivity contribution >= 4 is 23.7 Å². The molecule has 0 atom stereocenters. The summed E-state index contributed by atoms with van der Waals surface area (Å²) >= 11 is 0. The Hall–Kier alpha value is -3.22. The predicted octanol–water partition coefficient (Wildman–Crippen LogP) is 3.24. The highest BCUT2D eigenvalue weighted by Gasteiger charge is 2.12. The fourth-order valence-corrected chi connectivity index (χ4v) is 1.98. The Labute approximate surface area is 137 Å². The first-order chi connectivity index (χ1) is 11.4. The molecule has 7 nitrogen and oxygen atoms in total. The third kappa shape index (κ3) is 4.39. The van der Waals surface area contributed by atoms with E-state index in [-0.39, 0.29) is 18.2 Å². The van der Waals surface area contributed by atoms with Crippen LogP contribution in [0.5, 0.6) is 0 Å². The van der Waals surface area contributed by atoms with Gasteiger partial charge < -0.3 is 9.15 Å². The summed E-state index contributed by atoms with van der Waals surface area (Å²) in [5, 5.41) is 10.5. The van der Waals surface area contributed by atoms with Crippen LogP contribution in [0.1, 0.15) is 27.2 Å². The summed E-state index contributed by atoms with van der Waals surface area (Å²) in [5.74, 6) is -1.33. The zero-order valence-electron chi connectivity index (χ0n) is 13.1. The number of benzene rings is 1. The second-order valence-electron chi connectivity index (χ2n) is 5.12. The lowest BCUT2D eigenvalue weighted by Gasteiger charge is -2.06. The molecule has 1 heterocycles. The molecule has 0 bridgehead atoms. The van der Waals surface area contributed by atoms with E-state index in [4.69, 9.17) is 9.15 Å². The normalized spacial score (nSPS) is 10.8. The van der Waals surface area contributed by atoms with E-state index in [1.807, 2.05) is 19.1 Å². The minimum atomic E-state index is -0.743. The minimum absolute atomic E-state index is 0.138. The largest absolute Gasteiger partial charge is 0.454 e. The van der Waals surface area contributed by atoms with Gasteiger partial charge >= 0.3 is 11.9 Å². The lowest BCUT2D eigenvalue weighted by Crippen LogP contribution is -2.13. The summed E-state index contributed by atoms with van der Waals surface area (Å²) in [6.07, 6.45) is 2.27. The van der Waals surface area contributed by atoms with Crippen LogP contribution in [-0.4, -0.2) is 23.3 Å². The number of carbonyl (C=O) groups is 2. The lowest BCUT2D eigenvalue weighted by atomic mass is 10.0. The molecule has 2 aromatic rings. The highest BCUT2D eigenvalue weighted by Crippen LogP contribution is 2.16. The maximum absolute atomic E-state index is 12.1. The average molecular weight is 329 g/mol. The lowest BCUT2D eigenvalue weighted by molar-refractivity contribution is -0.402. The molecule has 0 fully saturated rings. The van der Waals surface area contributed by atoms with Gasteiger partial charge in [0.25, 0.3) is 0 Å². The van der Waals surface area contributed by atoms with Crippen LogP contribution in [-0.2, 0) is 9.53 Å². The summed E-state index contributed by atoms with van der Waals surface area (Å²) in [5.41, 5.74) is 2.25. The fraction of sp³-hybridized carbons (Fsp3) is 0.176. The van der Waals surface area contributed by atoms with Gasteiger partial charge in [-0.05, 0) is 37.6 Å². The van der Waals surface area contributed by atoms with Crippen molar-refractivity contribution in [3.8, 4) is 0 Å². The number of hydrogen-bond donors (Lipinski definition) is 0. The van der Waals surface area contributed by atoms with Gasteiger partial charge in [-0.3, -0.25) is 14.9 Å². The summed E-state index contributed by atoms with van der Waals surface area (Å²) < 4.78 is 9.74. The topological polar surface area (TPSA) is 99.7 Å². The number of carbonyl (C=O) groups excluding carboxylic acids is 2. The first-order valence-electron chi connectivity index (χ1n) is 7.06. The number of esters is 1. The van der Waals surface area contributed by atoms with E-state index in [2.05, 4.69) is 0 Å². The van der Waals surface area contributed by atoms with Gasteiger partial charge in [-0.25, -0.2) is 4.79 Å². The first kappa shape index (κ1) is 17.1. The number of aryl methyl sites for hydroxylation is 2. The van der Waals surface area contributed by atoms with Crippen LogP contribution in [0.15, 0.2) is 40.8 Å². The van der Waals surface area contributed by atoms with Crippen molar-refractivity contribution in [1.29, 1.82) is 0 Å². The minimum Gasteiger partial charge on any atom is -0.454 e. The highest BCUT2D eigenvalue weighted by molar-refractivity contribution is 6.00. The van der Waals surface area contributed by atoms with Gasteiger partial charge in [0, 0.05) is 11.6 Å². The van der Waals surface area contributed by atoms with Crippen molar-refractivity contribution in [3.63, 3.8) is 0 Å². The molecular formula is C17H15NO6. The van der Waals surface area contributed by atoms with Crippen LogP contribution in [0.25, 0.3) is 6.08 Å². The Morgan fingerprint density at radius 1 is 1.25 bits per heavy atom. The van der Waals surface area contributed by atoms with E-state index < -0.39 is 16.8 Å². The molecule has 7 heteroatoms. The molecule has 1 aromatic carbocycles. The fourth-order valence-electron chi connectivity index (χ4n) is 1.98. The van der Waals surface area contributed by atoms with Gasteiger partial charge in [0.1, 0.15) is 10.7 Å². The summed E-state index contributed by atoms with van der Waals surface area (Å²) in [7, 11) is 0. The molecular weight excluding hydrogens is 314 g/mol. The smallest absolute Gasteiger partial charge is 0.433 e. The third-order valence-electron chi connectivity index (χ3n) is 3.22. The third-order valence-corrected chi connectivity index (χ3v) is 3.22. The quantitative estimate of drug-likeness (QED) is 0.265. The van der Waals surface area contributed by atoms with Crippen molar-refractivity contribution in [1.82, 2.24) is 0 Å². The molecule has 0 radical (unpaired) electrons. The number of nitrogens with zero attached hydrogens (tertiary/aromatic N) is 1. The van der Waals surface area contributed by atoms with E-state index in [0.29, 0.717) is 5.56 Å². The number of ether oxygens (including phenoxy) is 1. The van der Waals surface area contributed by atoms with Crippen molar-refractivity contribution in [2.75, 3.05) is 6.61 Å². The van der Waals surface area contributed by atoms with Gasteiger partial charge in [0.15, 0.2) is 6.61 Å². The van der Waals surface area contributed by atoms with Crippen LogP contribution < -0.4 is 0 Å². The summed E-state index contributed by atoms with van der Waals surface area (Å²) in [6.45, 7) is 3.29. The van der Waals surface area contributed by atoms with Crippen molar-refractivity contribution in [2.45, 2.75) is 13.8 Å². The molecule has 0 N–H and O–H groups in total. The van der Waals surface area contributed by atoms with Crippen molar-refractivity contribution in [3.05, 3.63) is 69.0 Å². The summed E-state index contributed by atoms with van der Waals surface area (Å²) in [4.78, 5) is 33.5. The highest BCUT2D eigenvalue weighted by atomic mass is 16.6. The van der Waals surface area contributed by atoms with E-state index in [1.165, 1.54) is 18.2 Å². The zero-order valence-corrected chi connectivity index (χ0v) is 13.1. The Morgan fingerprint density at radius 3 is 2.67 bits per heavy atom. The van der Waals surface area contributed by atoms with Crippen LogP contribution in [0.2, 0.25) is 0 Å². The Morgan fingerprint density at radius 2 is 2.00 bits per heavy atom. The molecule has 0 aliphatic carbocycles. The van der Waals surface area contributed by atoms with E-state index >= 15 is 0 Å². The maximum atomic E-state index is 12.1. The zero-order chi connectivity index (χ0) is 17.7. The monoisotopic (exact) mass is 329 g/mol. The number of ketones is 1. The van der Waals surface area contributed by atoms with Gasteiger partial charge in [-0.1, -0.05) is 17.7 Å². The molecule has 0 amide bonds. The van der Waals surface area contributed by atoms with Crippen molar-refractivity contribution < 1.29 is 23.7 Å². The van der Waals surface area contributed by atoms with Crippen LogP contribution in [0, 0.1) is 24.0 Å². The van der Waals surface area contributed by atoms with Gasteiger partial charge in [0.2, 0.25) is 5.78 Å². The number of nitro groups is 1. The Kier molecular flexibility index (Phi) is 5.26. The second-order valence-corrected chi connectivity index (χ2v) is 5.12. The molecule has 2 rings (SSSR count). The number of hydrogen-bond acceptors (Lipinski definition) is 6. The molecule has 0 aliphatic rings. The van der Waals surface area contributed by atoms with Crippen LogP contribution >= 0.6 is 0 Å². The molecule has 0 saturated heterocycles. The van der Waals surface area contributed by atoms with Crippen LogP contribution in [0.3, 0.4) is 0 Å². The van der Waals surface area contributed by atoms with Gasteiger partial charge in [-0.15, -0.1) is 0 Å². The number of Topliss-reactive ketones (excluding diaryl/α,β-unsaturated/α-hetero) is 1. The summed E-state index contributed by atoms with van der Waals surface area (Å²) in [6, 6.07) is 7.99. The number of rotatable bonds is 6. The molecule has 24 heavy (non-hydrogen) atoms. The van der Waals surface area contributed by atoms with Crippen LogP contribution in [0.4, 0.5) is 5.88 Å². The molecule has 0 unspecified atom stereocenters. The van der Waals surface area contributed by atoms with Gasteiger partial charge in [0.05, 0.1) is 6.07 Å². The van der Waals surface area contributed by atoms with E-state index in [0.717, 1.165) is 17.2 Å². The van der Waals surface area contributed by atoms with Gasteiger partial charge in [-0.2, -0.15) is 0 Å². The SMILES string of the molecule is Cc1ccc(C)c(C(=O)COC(=O)C=Cc2ccc([N+](=O)[O-])o2)c1. The Balaban J connectivity index is 1.92. The maximum Gasteiger partial charge on any atom is 0.433 e. The first-order valence-corrected chi connectivity index (χ1v) is 7.06. The molecule has 0 aliphatic heterocycles. The molecule has 124 valence electrons. The average Bonchev–Trinajstić information content (AvgIpc) is 3.02. The Bertz CT molecular complexity index is 818. The molecule has 0 saturated carbocycles. The molecule has 1 aromatic heterocycles. The second kappa shape index (κ2) is 7.36. The van der Waals surface area contributed by atoms with Crippen molar-refractivity contribution in [2.24, 2.45) is 0 Å². The predicted molar refractivity (Wildman–Crippen MR) is 85.6 cm³/mol.